The van der Waals surface area contributed by atoms with Crippen LogP contribution in [0.25, 0.3) is 0 Å². The summed E-state index contributed by atoms with van der Waals surface area (Å²) in [5.74, 6) is 0. The summed E-state index contributed by atoms with van der Waals surface area (Å²) in [6.07, 6.45) is 1.94. The number of nitrogens with zero attached hydrogens (tertiary/aromatic N) is 2. The molecule has 0 saturated carbocycles. The van der Waals surface area contributed by atoms with Crippen LogP contribution in [0, 0.1) is 11.3 Å². The Hall–Kier alpha value is -1.83. The van der Waals surface area contributed by atoms with Gasteiger partial charge in [0.1, 0.15) is 11.1 Å². The van der Waals surface area contributed by atoms with E-state index >= 15 is 0 Å². The lowest BCUT2D eigenvalue weighted by molar-refractivity contribution is 0.565. The van der Waals surface area contributed by atoms with Crippen molar-refractivity contribution in [2.75, 3.05) is 6.26 Å². The van der Waals surface area contributed by atoms with Crippen LogP contribution in [0.4, 0.5) is 0 Å². The molecule has 0 aliphatic rings. The zero-order chi connectivity index (χ0) is 14.4. The molecule has 2 aromatic rings. The average Bonchev–Trinajstić information content (AvgIpc) is 2.53. The van der Waals surface area contributed by atoms with Crippen LogP contribution in [-0.4, -0.2) is 11.2 Å². The molecule has 1 N–H and O–H groups in total. The first kappa shape index (κ1) is 14.6. The molecule has 0 saturated heterocycles. The zero-order valence-corrected chi connectivity index (χ0v) is 12.4. The Balaban J connectivity index is 2.03. The third-order valence-electron chi connectivity index (χ3n) is 3.12. The minimum Gasteiger partial charge on any atom is -0.305 e. The number of rotatable bonds is 5. The molecule has 4 heteroatoms. The van der Waals surface area contributed by atoms with Crippen LogP contribution in [0.15, 0.2) is 47.5 Å². The van der Waals surface area contributed by atoms with Crippen LogP contribution in [0.2, 0.25) is 0 Å². The van der Waals surface area contributed by atoms with Crippen molar-refractivity contribution >= 4 is 11.8 Å². The second-order valence-corrected chi connectivity index (χ2v) is 5.28. The molecule has 0 aliphatic carbocycles. The first-order valence-electron chi connectivity index (χ1n) is 6.47. The highest BCUT2D eigenvalue weighted by Gasteiger charge is 2.07. The van der Waals surface area contributed by atoms with Crippen molar-refractivity contribution in [3.8, 4) is 6.07 Å². The third-order valence-corrected chi connectivity index (χ3v) is 3.82. The molecule has 3 nitrogen and oxygen atoms in total. The van der Waals surface area contributed by atoms with Crippen molar-refractivity contribution < 1.29 is 0 Å². The summed E-state index contributed by atoms with van der Waals surface area (Å²) in [5, 5.41) is 13.2. The fourth-order valence-corrected chi connectivity index (χ4v) is 2.48. The normalized spacial score (nSPS) is 11.8. The fraction of sp³-hybridized carbons (Fsp3) is 0.250. The first-order chi connectivity index (χ1) is 9.74. The van der Waals surface area contributed by atoms with E-state index in [0.717, 1.165) is 10.7 Å². The quantitative estimate of drug-likeness (QED) is 0.853. The van der Waals surface area contributed by atoms with E-state index in [1.54, 1.807) is 0 Å². The Morgan fingerprint density at radius 3 is 2.65 bits per heavy atom. The summed E-state index contributed by atoms with van der Waals surface area (Å²) >= 11 is 1.50. The molecule has 1 aromatic heterocycles. The SMILES string of the molecule is CSc1nc(CNC(C)c2ccccc2)ccc1C#N. The topological polar surface area (TPSA) is 48.7 Å². The number of nitriles is 1. The molecule has 102 valence electrons. The van der Waals surface area contributed by atoms with Crippen LogP contribution < -0.4 is 5.32 Å². The molecule has 0 spiro atoms. The van der Waals surface area contributed by atoms with Crippen molar-refractivity contribution in [2.24, 2.45) is 0 Å². The summed E-state index contributed by atoms with van der Waals surface area (Å²) in [6.45, 7) is 2.82. The highest BCUT2D eigenvalue weighted by molar-refractivity contribution is 7.98. The second-order valence-electron chi connectivity index (χ2n) is 4.48. The van der Waals surface area contributed by atoms with Gasteiger partial charge in [-0.2, -0.15) is 5.26 Å². The number of benzene rings is 1. The molecule has 0 fully saturated rings. The van der Waals surface area contributed by atoms with Gasteiger partial charge in [-0.05, 0) is 30.9 Å². The van der Waals surface area contributed by atoms with Gasteiger partial charge in [0.25, 0.3) is 0 Å². The van der Waals surface area contributed by atoms with E-state index in [4.69, 9.17) is 5.26 Å². The van der Waals surface area contributed by atoms with Crippen molar-refractivity contribution in [2.45, 2.75) is 24.5 Å². The third kappa shape index (κ3) is 3.60. The second kappa shape index (κ2) is 7.09. The lowest BCUT2D eigenvalue weighted by Crippen LogP contribution is -2.18. The number of hydrogen-bond acceptors (Lipinski definition) is 4. The fourth-order valence-electron chi connectivity index (χ4n) is 1.94. The molecular formula is C16H17N3S. The van der Waals surface area contributed by atoms with Crippen LogP contribution in [0.5, 0.6) is 0 Å². The summed E-state index contributed by atoms with van der Waals surface area (Å²) in [5.41, 5.74) is 2.85. The smallest absolute Gasteiger partial charge is 0.114 e. The molecule has 0 amide bonds. The van der Waals surface area contributed by atoms with Crippen molar-refractivity contribution in [3.63, 3.8) is 0 Å². The molecule has 1 heterocycles. The molecule has 1 aromatic carbocycles. The highest BCUT2D eigenvalue weighted by atomic mass is 32.2. The average molecular weight is 283 g/mol. The summed E-state index contributed by atoms with van der Waals surface area (Å²) in [6, 6.07) is 16.5. The predicted octanol–water partition coefficient (Wildman–Crippen LogP) is 3.53. The van der Waals surface area contributed by atoms with E-state index in [0.29, 0.717) is 12.1 Å². The maximum absolute atomic E-state index is 8.99. The number of aromatic nitrogens is 1. The first-order valence-corrected chi connectivity index (χ1v) is 7.69. The molecule has 0 radical (unpaired) electrons. The Labute approximate surface area is 124 Å². The monoisotopic (exact) mass is 283 g/mol. The van der Waals surface area contributed by atoms with Crippen LogP contribution in [0.1, 0.15) is 29.8 Å². The number of pyridine rings is 1. The van der Waals surface area contributed by atoms with Crippen LogP contribution in [0.3, 0.4) is 0 Å². The molecule has 0 bridgehead atoms. The van der Waals surface area contributed by atoms with Gasteiger partial charge in [0.2, 0.25) is 0 Å². The van der Waals surface area contributed by atoms with E-state index in [9.17, 15) is 0 Å². The number of nitrogens with one attached hydrogen (secondary N) is 1. The Morgan fingerprint density at radius 1 is 1.25 bits per heavy atom. The summed E-state index contributed by atoms with van der Waals surface area (Å²) in [7, 11) is 0. The van der Waals surface area contributed by atoms with Gasteiger partial charge in [-0.25, -0.2) is 4.98 Å². The van der Waals surface area contributed by atoms with E-state index in [-0.39, 0.29) is 6.04 Å². The maximum Gasteiger partial charge on any atom is 0.114 e. The van der Waals surface area contributed by atoms with E-state index in [1.807, 2.05) is 36.6 Å². The molecule has 1 atom stereocenters. The number of thioether (sulfide) groups is 1. The zero-order valence-electron chi connectivity index (χ0n) is 11.6. The van der Waals surface area contributed by atoms with Gasteiger partial charge in [0, 0.05) is 12.6 Å². The van der Waals surface area contributed by atoms with Crippen molar-refractivity contribution in [1.29, 1.82) is 5.26 Å². The molecule has 2 rings (SSSR count). The van der Waals surface area contributed by atoms with Gasteiger partial charge in [-0.3, -0.25) is 0 Å². The van der Waals surface area contributed by atoms with Crippen LogP contribution in [-0.2, 0) is 6.54 Å². The lowest BCUT2D eigenvalue weighted by Gasteiger charge is -2.14. The molecule has 20 heavy (non-hydrogen) atoms. The largest absolute Gasteiger partial charge is 0.305 e. The standard InChI is InChI=1S/C16H17N3S/c1-12(13-6-4-3-5-7-13)18-11-15-9-8-14(10-17)16(19-15)20-2/h3-9,12,18H,11H2,1-2H3. The molecule has 0 aliphatic heterocycles. The van der Waals surface area contributed by atoms with Gasteiger partial charge in [0.15, 0.2) is 0 Å². The van der Waals surface area contributed by atoms with Gasteiger partial charge < -0.3 is 5.32 Å². The predicted molar refractivity (Wildman–Crippen MR) is 82.4 cm³/mol. The van der Waals surface area contributed by atoms with E-state index in [1.165, 1.54) is 17.3 Å². The van der Waals surface area contributed by atoms with Gasteiger partial charge in [-0.1, -0.05) is 30.3 Å². The number of hydrogen-bond donors (Lipinski definition) is 1. The maximum atomic E-state index is 8.99. The van der Waals surface area contributed by atoms with Gasteiger partial charge >= 0.3 is 0 Å². The van der Waals surface area contributed by atoms with E-state index < -0.39 is 0 Å². The minimum atomic E-state index is 0.270. The van der Waals surface area contributed by atoms with Gasteiger partial charge in [0.05, 0.1) is 11.3 Å². The summed E-state index contributed by atoms with van der Waals surface area (Å²) < 4.78 is 0. The van der Waals surface area contributed by atoms with Gasteiger partial charge in [-0.15, -0.1) is 11.8 Å². The molecule has 1 unspecified atom stereocenters. The lowest BCUT2D eigenvalue weighted by atomic mass is 10.1. The van der Waals surface area contributed by atoms with Crippen molar-refractivity contribution in [3.05, 3.63) is 59.3 Å². The molecular weight excluding hydrogens is 266 g/mol. The Bertz CT molecular complexity index is 605. The van der Waals surface area contributed by atoms with E-state index in [2.05, 4.69) is 35.4 Å². The minimum absolute atomic E-state index is 0.270. The van der Waals surface area contributed by atoms with Crippen molar-refractivity contribution in [1.82, 2.24) is 10.3 Å². The Kier molecular flexibility index (Phi) is 5.16. The Morgan fingerprint density at radius 2 is 2.00 bits per heavy atom. The summed E-state index contributed by atoms with van der Waals surface area (Å²) in [4.78, 5) is 4.51. The highest BCUT2D eigenvalue weighted by Crippen LogP contribution is 2.18. The van der Waals surface area contributed by atoms with Crippen LogP contribution >= 0.6 is 11.8 Å².